The Morgan fingerprint density at radius 1 is 1.38 bits per heavy atom. The van der Waals surface area contributed by atoms with Crippen LogP contribution in [0.3, 0.4) is 0 Å². The molecule has 90 valence electrons. The molecule has 0 aromatic carbocycles. The highest BCUT2D eigenvalue weighted by molar-refractivity contribution is 4.95. The lowest BCUT2D eigenvalue weighted by Gasteiger charge is -2.05. The number of nitrogens with one attached hydrogen (secondary N) is 1. The van der Waals surface area contributed by atoms with Gasteiger partial charge in [0.25, 0.3) is 5.56 Å². The molecule has 0 atom stereocenters. The average Bonchev–Trinajstić information content (AvgIpc) is 2.26. The fourth-order valence-electron chi connectivity index (χ4n) is 1.52. The summed E-state index contributed by atoms with van der Waals surface area (Å²) in [6.45, 7) is 6.86. The third kappa shape index (κ3) is 4.57. The van der Waals surface area contributed by atoms with Crippen molar-refractivity contribution in [3.05, 3.63) is 28.4 Å². The van der Waals surface area contributed by atoms with Crippen LogP contribution < -0.4 is 10.9 Å². The number of hydrogen-bond donors (Lipinski definition) is 1. The molecule has 0 radical (unpaired) electrons. The standard InChI is InChI=1S/C12H21N3O/c1-3-6-13-7-4-5-8-15-10-14-11(2)9-12(15)16/h9-10,13H,3-8H2,1-2H3. The van der Waals surface area contributed by atoms with E-state index in [1.54, 1.807) is 17.0 Å². The van der Waals surface area contributed by atoms with Gasteiger partial charge in [0.1, 0.15) is 0 Å². The number of rotatable bonds is 7. The summed E-state index contributed by atoms with van der Waals surface area (Å²) in [6, 6.07) is 1.58. The third-order valence-electron chi connectivity index (χ3n) is 2.45. The first-order valence-corrected chi connectivity index (χ1v) is 5.98. The van der Waals surface area contributed by atoms with E-state index in [0.29, 0.717) is 0 Å². The van der Waals surface area contributed by atoms with Gasteiger partial charge in [-0.15, -0.1) is 0 Å². The molecule has 1 rings (SSSR count). The molecule has 0 unspecified atom stereocenters. The van der Waals surface area contributed by atoms with Crippen LogP contribution in [0.1, 0.15) is 31.9 Å². The molecule has 1 aromatic heterocycles. The fraction of sp³-hybridized carbons (Fsp3) is 0.667. The minimum Gasteiger partial charge on any atom is -0.317 e. The van der Waals surface area contributed by atoms with Crippen LogP contribution in [0.15, 0.2) is 17.2 Å². The maximum absolute atomic E-state index is 11.5. The van der Waals surface area contributed by atoms with E-state index in [-0.39, 0.29) is 5.56 Å². The van der Waals surface area contributed by atoms with Gasteiger partial charge in [0.2, 0.25) is 0 Å². The monoisotopic (exact) mass is 223 g/mol. The first-order chi connectivity index (χ1) is 7.74. The Bertz CT molecular complexity index is 360. The van der Waals surface area contributed by atoms with E-state index >= 15 is 0 Å². The predicted octanol–water partition coefficient (Wildman–Crippen LogP) is 1.33. The zero-order chi connectivity index (χ0) is 11.8. The van der Waals surface area contributed by atoms with Crippen LogP contribution in [0.4, 0.5) is 0 Å². The van der Waals surface area contributed by atoms with Crippen molar-refractivity contribution in [2.75, 3.05) is 13.1 Å². The van der Waals surface area contributed by atoms with Gasteiger partial charge in [0, 0.05) is 18.3 Å². The van der Waals surface area contributed by atoms with Crippen molar-refractivity contribution in [2.24, 2.45) is 0 Å². The van der Waals surface area contributed by atoms with Crippen molar-refractivity contribution in [3.8, 4) is 0 Å². The molecule has 1 aromatic rings. The highest BCUT2D eigenvalue weighted by Crippen LogP contribution is 1.92. The SMILES string of the molecule is CCCNCCCCn1cnc(C)cc1=O. The van der Waals surface area contributed by atoms with Crippen LogP contribution in [0.25, 0.3) is 0 Å². The number of unbranched alkanes of at least 4 members (excludes halogenated alkanes) is 1. The van der Waals surface area contributed by atoms with E-state index in [1.165, 1.54) is 6.42 Å². The molecule has 4 heteroatoms. The highest BCUT2D eigenvalue weighted by atomic mass is 16.1. The van der Waals surface area contributed by atoms with Gasteiger partial charge < -0.3 is 5.32 Å². The number of hydrogen-bond acceptors (Lipinski definition) is 3. The summed E-state index contributed by atoms with van der Waals surface area (Å²) in [4.78, 5) is 15.6. The summed E-state index contributed by atoms with van der Waals surface area (Å²) in [7, 11) is 0. The van der Waals surface area contributed by atoms with Crippen LogP contribution in [-0.2, 0) is 6.54 Å². The van der Waals surface area contributed by atoms with E-state index in [1.807, 2.05) is 6.92 Å². The van der Waals surface area contributed by atoms with Gasteiger partial charge in [-0.1, -0.05) is 6.92 Å². The summed E-state index contributed by atoms with van der Waals surface area (Å²) < 4.78 is 1.67. The van der Waals surface area contributed by atoms with Crippen LogP contribution in [0.2, 0.25) is 0 Å². The lowest BCUT2D eigenvalue weighted by molar-refractivity contribution is 0.552. The lowest BCUT2D eigenvalue weighted by atomic mass is 10.3. The molecule has 4 nitrogen and oxygen atoms in total. The number of aromatic nitrogens is 2. The lowest BCUT2D eigenvalue weighted by Crippen LogP contribution is -2.21. The summed E-state index contributed by atoms with van der Waals surface area (Å²) in [6.07, 6.45) is 4.92. The molecular weight excluding hydrogens is 202 g/mol. The van der Waals surface area contributed by atoms with Crippen molar-refractivity contribution < 1.29 is 0 Å². The van der Waals surface area contributed by atoms with Gasteiger partial charge in [0.05, 0.1) is 6.33 Å². The smallest absolute Gasteiger partial charge is 0.253 e. The second-order valence-corrected chi connectivity index (χ2v) is 4.02. The van der Waals surface area contributed by atoms with Crippen LogP contribution in [0, 0.1) is 6.92 Å². The van der Waals surface area contributed by atoms with Gasteiger partial charge in [-0.25, -0.2) is 4.98 Å². The van der Waals surface area contributed by atoms with Crippen LogP contribution in [-0.4, -0.2) is 22.6 Å². The predicted molar refractivity (Wildman–Crippen MR) is 65.6 cm³/mol. The van der Waals surface area contributed by atoms with Crippen molar-refractivity contribution in [3.63, 3.8) is 0 Å². The quantitative estimate of drug-likeness (QED) is 0.709. The molecular formula is C12H21N3O. The van der Waals surface area contributed by atoms with Crippen molar-refractivity contribution in [2.45, 2.75) is 39.7 Å². The largest absolute Gasteiger partial charge is 0.317 e. The van der Waals surface area contributed by atoms with Gasteiger partial charge in [-0.05, 0) is 39.3 Å². The van der Waals surface area contributed by atoms with E-state index in [4.69, 9.17) is 0 Å². The zero-order valence-electron chi connectivity index (χ0n) is 10.2. The minimum absolute atomic E-state index is 0.0500. The average molecular weight is 223 g/mol. The van der Waals surface area contributed by atoms with Gasteiger partial charge in [-0.3, -0.25) is 9.36 Å². The van der Waals surface area contributed by atoms with Crippen molar-refractivity contribution in [1.29, 1.82) is 0 Å². The molecule has 0 aliphatic heterocycles. The summed E-state index contributed by atoms with van der Waals surface area (Å²) in [5.41, 5.74) is 0.833. The Morgan fingerprint density at radius 3 is 2.88 bits per heavy atom. The summed E-state index contributed by atoms with van der Waals surface area (Å²) >= 11 is 0. The summed E-state index contributed by atoms with van der Waals surface area (Å²) in [5, 5.41) is 3.34. The van der Waals surface area contributed by atoms with Crippen molar-refractivity contribution >= 4 is 0 Å². The molecule has 0 saturated heterocycles. The highest BCUT2D eigenvalue weighted by Gasteiger charge is 1.96. The molecule has 16 heavy (non-hydrogen) atoms. The molecule has 1 heterocycles. The van der Waals surface area contributed by atoms with Gasteiger partial charge in [0.15, 0.2) is 0 Å². The molecule has 1 N–H and O–H groups in total. The topological polar surface area (TPSA) is 46.9 Å². The maximum atomic E-state index is 11.5. The van der Waals surface area contributed by atoms with Crippen LogP contribution >= 0.6 is 0 Å². The van der Waals surface area contributed by atoms with E-state index in [0.717, 1.165) is 38.2 Å². The van der Waals surface area contributed by atoms with Crippen LogP contribution in [0.5, 0.6) is 0 Å². The second kappa shape index (κ2) is 7.17. The Labute approximate surface area is 96.7 Å². The van der Waals surface area contributed by atoms with Gasteiger partial charge >= 0.3 is 0 Å². The Morgan fingerprint density at radius 2 is 2.19 bits per heavy atom. The fourth-order valence-corrected chi connectivity index (χ4v) is 1.52. The zero-order valence-corrected chi connectivity index (χ0v) is 10.2. The molecule has 0 fully saturated rings. The summed E-state index contributed by atoms with van der Waals surface area (Å²) in [5.74, 6) is 0. The van der Waals surface area contributed by atoms with Crippen molar-refractivity contribution in [1.82, 2.24) is 14.9 Å². The first kappa shape index (κ1) is 12.9. The molecule has 0 aliphatic carbocycles. The number of nitrogens with zero attached hydrogens (tertiary/aromatic N) is 2. The Kier molecular flexibility index (Phi) is 5.78. The maximum Gasteiger partial charge on any atom is 0.253 e. The third-order valence-corrected chi connectivity index (χ3v) is 2.45. The van der Waals surface area contributed by atoms with Gasteiger partial charge in [-0.2, -0.15) is 0 Å². The molecule has 0 spiro atoms. The normalized spacial score (nSPS) is 10.6. The Balaban J connectivity index is 2.24. The molecule has 0 bridgehead atoms. The van der Waals surface area contributed by atoms with E-state index < -0.39 is 0 Å². The number of aryl methyl sites for hydroxylation is 2. The molecule has 0 saturated carbocycles. The second-order valence-electron chi connectivity index (χ2n) is 4.02. The van der Waals surface area contributed by atoms with E-state index in [2.05, 4.69) is 17.2 Å². The Hall–Kier alpha value is -1.16. The molecule has 0 amide bonds. The molecule has 0 aliphatic rings. The minimum atomic E-state index is 0.0500. The first-order valence-electron chi connectivity index (χ1n) is 5.98. The van der Waals surface area contributed by atoms with E-state index in [9.17, 15) is 4.79 Å².